The molecule has 6 heteroatoms. The molecule has 1 saturated heterocycles. The first-order chi connectivity index (χ1) is 10.7. The number of carbonyl (C=O) groups excluding carboxylic acids is 1. The molecule has 2 rings (SSSR count). The topological polar surface area (TPSA) is 50.8 Å². The molecule has 0 saturated carbocycles. The summed E-state index contributed by atoms with van der Waals surface area (Å²) in [5.74, 6) is 0.440. The predicted octanol–water partition coefficient (Wildman–Crippen LogP) is 1.95. The summed E-state index contributed by atoms with van der Waals surface area (Å²) < 4.78 is 11.0. The number of benzene rings is 1. The fourth-order valence-electron chi connectivity index (χ4n) is 2.29. The highest BCUT2D eigenvalue weighted by Gasteiger charge is 2.19. The molecule has 22 heavy (non-hydrogen) atoms. The summed E-state index contributed by atoms with van der Waals surface area (Å²) in [7, 11) is 0. The van der Waals surface area contributed by atoms with Crippen molar-refractivity contribution in [3.63, 3.8) is 0 Å². The largest absolute Gasteiger partial charge is 0.479 e. The summed E-state index contributed by atoms with van der Waals surface area (Å²) in [5.41, 5.74) is 0. The molecule has 1 aromatic carbocycles. The van der Waals surface area contributed by atoms with Crippen molar-refractivity contribution in [1.29, 1.82) is 0 Å². The number of halogens is 1. The Kier molecular flexibility index (Phi) is 6.96. The van der Waals surface area contributed by atoms with Crippen LogP contribution in [0.1, 0.15) is 13.3 Å². The number of hydrogen-bond acceptors (Lipinski definition) is 4. The highest BCUT2D eigenvalue weighted by atomic mass is 35.5. The molecule has 1 amide bonds. The summed E-state index contributed by atoms with van der Waals surface area (Å²) >= 11 is 6.06. The lowest BCUT2D eigenvalue weighted by molar-refractivity contribution is -0.128. The number of nitrogens with zero attached hydrogens (tertiary/aromatic N) is 1. The molecular formula is C16H23ClN2O3. The van der Waals surface area contributed by atoms with Gasteiger partial charge in [0, 0.05) is 26.2 Å². The number of ether oxygens (including phenoxy) is 2. The number of amides is 1. The van der Waals surface area contributed by atoms with Gasteiger partial charge in [0.05, 0.1) is 18.2 Å². The SMILES string of the molecule is CC[C@H](Oc1ccccc1Cl)C(=O)NCCN1CCOCC1. The first kappa shape index (κ1) is 17.1. The Balaban J connectivity index is 1.77. The Bertz CT molecular complexity index is 478. The lowest BCUT2D eigenvalue weighted by atomic mass is 10.2. The molecule has 0 bridgehead atoms. The van der Waals surface area contributed by atoms with E-state index in [1.807, 2.05) is 19.1 Å². The average molecular weight is 327 g/mol. The van der Waals surface area contributed by atoms with Crippen molar-refractivity contribution in [2.45, 2.75) is 19.4 Å². The van der Waals surface area contributed by atoms with Gasteiger partial charge in [-0.25, -0.2) is 0 Å². The Hall–Kier alpha value is -1.30. The van der Waals surface area contributed by atoms with Crippen molar-refractivity contribution in [2.75, 3.05) is 39.4 Å². The van der Waals surface area contributed by atoms with E-state index in [0.29, 0.717) is 23.7 Å². The van der Waals surface area contributed by atoms with Crippen LogP contribution < -0.4 is 10.1 Å². The van der Waals surface area contributed by atoms with Gasteiger partial charge in [-0.1, -0.05) is 30.7 Å². The summed E-state index contributed by atoms with van der Waals surface area (Å²) in [4.78, 5) is 14.5. The van der Waals surface area contributed by atoms with Crippen LogP contribution in [0.4, 0.5) is 0 Å². The van der Waals surface area contributed by atoms with Crippen LogP contribution in [0.15, 0.2) is 24.3 Å². The van der Waals surface area contributed by atoms with Gasteiger partial charge >= 0.3 is 0 Å². The van der Waals surface area contributed by atoms with E-state index < -0.39 is 6.10 Å². The number of hydrogen-bond donors (Lipinski definition) is 1. The molecule has 0 radical (unpaired) electrons. The third kappa shape index (κ3) is 5.16. The third-order valence-electron chi connectivity index (χ3n) is 3.60. The predicted molar refractivity (Wildman–Crippen MR) is 86.4 cm³/mol. The molecule has 1 heterocycles. The second-order valence-corrected chi connectivity index (χ2v) is 5.60. The fourth-order valence-corrected chi connectivity index (χ4v) is 2.47. The Morgan fingerprint density at radius 3 is 2.82 bits per heavy atom. The number of rotatable bonds is 7. The zero-order valence-electron chi connectivity index (χ0n) is 12.9. The van der Waals surface area contributed by atoms with E-state index in [4.69, 9.17) is 21.1 Å². The van der Waals surface area contributed by atoms with Crippen LogP contribution in [-0.2, 0) is 9.53 Å². The Morgan fingerprint density at radius 1 is 1.41 bits per heavy atom. The van der Waals surface area contributed by atoms with Gasteiger partial charge < -0.3 is 14.8 Å². The van der Waals surface area contributed by atoms with Gasteiger partial charge in [-0.3, -0.25) is 9.69 Å². The normalized spacial score (nSPS) is 17.0. The van der Waals surface area contributed by atoms with Crippen molar-refractivity contribution in [2.24, 2.45) is 0 Å². The van der Waals surface area contributed by atoms with Crippen LogP contribution in [0.5, 0.6) is 5.75 Å². The summed E-state index contributed by atoms with van der Waals surface area (Å²) in [6.45, 7) is 6.73. The lowest BCUT2D eigenvalue weighted by Crippen LogP contribution is -2.44. The highest BCUT2D eigenvalue weighted by molar-refractivity contribution is 6.32. The standard InChI is InChI=1S/C16H23ClN2O3/c1-2-14(22-15-6-4-3-5-13(15)17)16(20)18-7-8-19-9-11-21-12-10-19/h3-6,14H,2,7-12H2,1H3,(H,18,20)/t14-/m0/s1. The van der Waals surface area contributed by atoms with Crippen LogP contribution in [0, 0.1) is 0 Å². The molecule has 0 aromatic heterocycles. The van der Waals surface area contributed by atoms with E-state index >= 15 is 0 Å². The van der Waals surface area contributed by atoms with E-state index in [2.05, 4.69) is 10.2 Å². The Morgan fingerprint density at radius 2 is 2.14 bits per heavy atom. The maximum absolute atomic E-state index is 12.2. The quantitative estimate of drug-likeness (QED) is 0.832. The van der Waals surface area contributed by atoms with Crippen LogP contribution in [0.25, 0.3) is 0 Å². The lowest BCUT2D eigenvalue weighted by Gasteiger charge is -2.26. The van der Waals surface area contributed by atoms with Gasteiger partial charge in [-0.2, -0.15) is 0 Å². The molecule has 122 valence electrons. The van der Waals surface area contributed by atoms with Gasteiger partial charge in [0.15, 0.2) is 6.10 Å². The smallest absolute Gasteiger partial charge is 0.261 e. The molecule has 0 spiro atoms. The van der Waals surface area contributed by atoms with Gasteiger partial charge in [-0.05, 0) is 18.6 Å². The molecule has 1 fully saturated rings. The summed E-state index contributed by atoms with van der Waals surface area (Å²) in [6.07, 6.45) is 0.0683. The second-order valence-electron chi connectivity index (χ2n) is 5.19. The molecule has 1 aromatic rings. The van der Waals surface area contributed by atoms with E-state index in [1.54, 1.807) is 12.1 Å². The van der Waals surface area contributed by atoms with Gasteiger partial charge in [-0.15, -0.1) is 0 Å². The molecule has 0 aliphatic carbocycles. The van der Waals surface area contributed by atoms with E-state index in [1.165, 1.54) is 0 Å². The molecule has 1 aliphatic heterocycles. The van der Waals surface area contributed by atoms with Crippen LogP contribution >= 0.6 is 11.6 Å². The third-order valence-corrected chi connectivity index (χ3v) is 3.91. The van der Waals surface area contributed by atoms with E-state index in [0.717, 1.165) is 32.8 Å². The molecule has 5 nitrogen and oxygen atoms in total. The highest BCUT2D eigenvalue weighted by Crippen LogP contribution is 2.24. The van der Waals surface area contributed by atoms with Crippen molar-refractivity contribution in [3.05, 3.63) is 29.3 Å². The molecule has 1 aliphatic rings. The minimum Gasteiger partial charge on any atom is -0.479 e. The van der Waals surface area contributed by atoms with Crippen molar-refractivity contribution >= 4 is 17.5 Å². The molecule has 1 N–H and O–H groups in total. The number of carbonyl (C=O) groups is 1. The van der Waals surface area contributed by atoms with E-state index in [-0.39, 0.29) is 5.91 Å². The zero-order chi connectivity index (χ0) is 15.8. The first-order valence-corrected chi connectivity index (χ1v) is 8.07. The monoisotopic (exact) mass is 326 g/mol. The van der Waals surface area contributed by atoms with Crippen molar-refractivity contribution < 1.29 is 14.3 Å². The van der Waals surface area contributed by atoms with Gasteiger partial charge in [0.2, 0.25) is 0 Å². The maximum atomic E-state index is 12.2. The molecular weight excluding hydrogens is 304 g/mol. The van der Waals surface area contributed by atoms with Crippen molar-refractivity contribution in [1.82, 2.24) is 10.2 Å². The Labute approximate surface area is 136 Å². The average Bonchev–Trinajstić information content (AvgIpc) is 2.55. The van der Waals surface area contributed by atoms with Crippen molar-refractivity contribution in [3.8, 4) is 5.75 Å². The first-order valence-electron chi connectivity index (χ1n) is 7.69. The summed E-state index contributed by atoms with van der Waals surface area (Å²) in [5, 5.41) is 3.45. The molecule has 0 unspecified atom stereocenters. The fraction of sp³-hybridized carbons (Fsp3) is 0.562. The minimum atomic E-state index is -0.524. The maximum Gasteiger partial charge on any atom is 0.261 e. The number of morpholine rings is 1. The minimum absolute atomic E-state index is 0.101. The van der Waals surface area contributed by atoms with Gasteiger partial charge in [0.25, 0.3) is 5.91 Å². The molecule has 1 atom stereocenters. The second kappa shape index (κ2) is 8.98. The van der Waals surface area contributed by atoms with Crippen LogP contribution in [-0.4, -0.2) is 56.3 Å². The number of para-hydroxylation sites is 1. The van der Waals surface area contributed by atoms with Crippen LogP contribution in [0.3, 0.4) is 0 Å². The van der Waals surface area contributed by atoms with Gasteiger partial charge in [0.1, 0.15) is 5.75 Å². The zero-order valence-corrected chi connectivity index (χ0v) is 13.6. The summed E-state index contributed by atoms with van der Waals surface area (Å²) in [6, 6.07) is 7.19. The number of nitrogens with one attached hydrogen (secondary N) is 1. The van der Waals surface area contributed by atoms with Crippen LogP contribution in [0.2, 0.25) is 5.02 Å². The van der Waals surface area contributed by atoms with E-state index in [9.17, 15) is 4.79 Å².